The second-order valence-corrected chi connectivity index (χ2v) is 5.92. The maximum absolute atomic E-state index is 12.6. The number of halogens is 3. The Morgan fingerprint density at radius 2 is 2.00 bits per heavy atom. The van der Waals surface area contributed by atoms with Crippen molar-refractivity contribution in [3.63, 3.8) is 0 Å². The topological polar surface area (TPSA) is 73.1 Å². The second kappa shape index (κ2) is 8.48. The first-order chi connectivity index (χ1) is 11.9. The minimum atomic E-state index is -4.43. The number of alkyl halides is 3. The van der Waals surface area contributed by atoms with Gasteiger partial charge < -0.3 is 10.6 Å². The van der Waals surface area contributed by atoms with E-state index in [1.807, 2.05) is 25.1 Å². The average Bonchev–Trinajstić information content (AvgIpc) is 3.07. The third-order valence-corrected chi connectivity index (χ3v) is 3.95. The number of aliphatic imine (C=N–C) groups is 1. The number of nitrogens with zero attached hydrogens (tertiary/aromatic N) is 3. The molecule has 1 aromatic carbocycles. The summed E-state index contributed by atoms with van der Waals surface area (Å²) < 4.78 is 37.7. The van der Waals surface area contributed by atoms with Gasteiger partial charge in [-0.25, -0.2) is 9.98 Å². The van der Waals surface area contributed by atoms with E-state index < -0.39 is 11.9 Å². The van der Waals surface area contributed by atoms with Gasteiger partial charge in [-0.05, 0) is 24.6 Å². The molecular weight excluding hydrogens is 351 g/mol. The molecule has 0 aliphatic heterocycles. The summed E-state index contributed by atoms with van der Waals surface area (Å²) in [4.78, 5) is 7.94. The summed E-state index contributed by atoms with van der Waals surface area (Å²) in [5.74, 6) is 0.482. The molecule has 2 rings (SSSR count). The number of thiazole rings is 1. The molecule has 9 heteroatoms. The van der Waals surface area contributed by atoms with Crippen LogP contribution in [-0.2, 0) is 19.3 Å². The van der Waals surface area contributed by atoms with Gasteiger partial charge in [0, 0.05) is 11.9 Å². The average molecular weight is 367 g/mol. The number of guanidine groups is 1. The molecule has 0 aliphatic carbocycles. The Balaban J connectivity index is 1.97. The Hall–Kier alpha value is -2.60. The van der Waals surface area contributed by atoms with Crippen molar-refractivity contribution in [2.75, 3.05) is 6.54 Å². The van der Waals surface area contributed by atoms with Crippen LogP contribution in [0.15, 0.2) is 34.6 Å². The quantitative estimate of drug-likeness (QED) is 0.628. The summed E-state index contributed by atoms with van der Waals surface area (Å²) in [6.45, 7) is 3.04. The highest BCUT2D eigenvalue weighted by Gasteiger charge is 2.33. The number of nitrogens with one attached hydrogen (secondary N) is 2. The van der Waals surface area contributed by atoms with Crippen LogP contribution in [0.1, 0.15) is 28.8 Å². The Bertz CT molecular complexity index is 759. The van der Waals surface area contributed by atoms with Gasteiger partial charge in [-0.2, -0.15) is 18.4 Å². The van der Waals surface area contributed by atoms with Crippen molar-refractivity contribution in [2.45, 2.75) is 26.2 Å². The third-order valence-electron chi connectivity index (χ3n) is 3.10. The zero-order valence-corrected chi connectivity index (χ0v) is 14.2. The summed E-state index contributed by atoms with van der Waals surface area (Å²) in [6, 6.07) is 9.07. The molecule has 1 aromatic heterocycles. The summed E-state index contributed by atoms with van der Waals surface area (Å²) >= 11 is 0.948. The fraction of sp³-hybridized carbons (Fsp3) is 0.312. The fourth-order valence-electron chi connectivity index (χ4n) is 1.88. The molecule has 0 fully saturated rings. The molecule has 0 atom stereocenters. The lowest BCUT2D eigenvalue weighted by molar-refractivity contribution is -0.140. The molecule has 0 unspecified atom stereocenters. The summed E-state index contributed by atoms with van der Waals surface area (Å²) in [5, 5.41) is 16.1. The molecule has 0 saturated carbocycles. The van der Waals surface area contributed by atoms with Gasteiger partial charge >= 0.3 is 6.18 Å². The Kier molecular flexibility index (Phi) is 6.36. The van der Waals surface area contributed by atoms with Crippen molar-refractivity contribution in [3.8, 4) is 6.07 Å². The standard InChI is InChI=1S/C16H16F3N5S/c1-2-21-15(22-8-12-5-3-11(7-20)4-6-12)23-9-14-24-13(10-25-14)16(17,18)19/h3-6,10H,2,8-9H2,1H3,(H2,21,22,23). The molecule has 2 aromatic rings. The third kappa shape index (κ3) is 5.76. The number of aromatic nitrogens is 1. The van der Waals surface area contributed by atoms with E-state index in [4.69, 9.17) is 5.26 Å². The highest BCUT2D eigenvalue weighted by atomic mass is 32.1. The van der Waals surface area contributed by atoms with Gasteiger partial charge in [-0.1, -0.05) is 12.1 Å². The lowest BCUT2D eigenvalue weighted by atomic mass is 10.1. The maximum atomic E-state index is 12.6. The molecule has 0 saturated heterocycles. The van der Waals surface area contributed by atoms with Gasteiger partial charge in [-0.15, -0.1) is 11.3 Å². The molecule has 25 heavy (non-hydrogen) atoms. The van der Waals surface area contributed by atoms with Crippen molar-refractivity contribution in [2.24, 2.45) is 4.99 Å². The molecule has 1 heterocycles. The molecule has 0 radical (unpaired) electrons. The Morgan fingerprint density at radius 3 is 2.56 bits per heavy atom. The van der Waals surface area contributed by atoms with E-state index in [1.54, 1.807) is 12.1 Å². The van der Waals surface area contributed by atoms with Crippen LogP contribution < -0.4 is 10.6 Å². The predicted molar refractivity (Wildman–Crippen MR) is 89.9 cm³/mol. The zero-order chi connectivity index (χ0) is 18.3. The summed E-state index contributed by atoms with van der Waals surface area (Å²) in [6.07, 6.45) is -4.43. The van der Waals surface area contributed by atoms with Gasteiger partial charge in [0.2, 0.25) is 0 Å². The first-order valence-electron chi connectivity index (χ1n) is 7.45. The van der Waals surface area contributed by atoms with Crippen molar-refractivity contribution in [3.05, 3.63) is 51.5 Å². The Labute approximate surface area is 147 Å². The summed E-state index contributed by atoms with van der Waals surface area (Å²) in [7, 11) is 0. The van der Waals surface area contributed by atoms with Gasteiger partial charge in [0.15, 0.2) is 11.7 Å². The SMILES string of the molecule is CCNC(=NCc1ccc(C#N)cc1)NCc1nc(C(F)(F)F)cs1. The van der Waals surface area contributed by atoms with Crippen LogP contribution in [0, 0.1) is 11.3 Å². The van der Waals surface area contributed by atoms with Crippen molar-refractivity contribution >= 4 is 17.3 Å². The number of nitriles is 1. The van der Waals surface area contributed by atoms with Crippen LogP contribution >= 0.6 is 11.3 Å². The number of benzene rings is 1. The molecular formula is C16H16F3N5S. The van der Waals surface area contributed by atoms with Crippen LogP contribution in [0.2, 0.25) is 0 Å². The van der Waals surface area contributed by atoms with Gasteiger partial charge in [0.25, 0.3) is 0 Å². The molecule has 132 valence electrons. The highest BCUT2D eigenvalue weighted by molar-refractivity contribution is 7.09. The Morgan fingerprint density at radius 1 is 1.28 bits per heavy atom. The van der Waals surface area contributed by atoms with Gasteiger partial charge in [0.1, 0.15) is 5.01 Å². The van der Waals surface area contributed by atoms with Crippen LogP contribution in [0.25, 0.3) is 0 Å². The van der Waals surface area contributed by atoms with Crippen LogP contribution in [-0.4, -0.2) is 17.5 Å². The number of rotatable bonds is 5. The molecule has 0 aliphatic rings. The molecule has 0 amide bonds. The van der Waals surface area contributed by atoms with E-state index >= 15 is 0 Å². The van der Waals surface area contributed by atoms with Crippen LogP contribution in [0.4, 0.5) is 13.2 Å². The van der Waals surface area contributed by atoms with E-state index in [-0.39, 0.29) is 6.54 Å². The van der Waals surface area contributed by atoms with Crippen molar-refractivity contribution in [1.82, 2.24) is 15.6 Å². The molecule has 0 spiro atoms. The highest BCUT2D eigenvalue weighted by Crippen LogP contribution is 2.29. The molecule has 5 nitrogen and oxygen atoms in total. The van der Waals surface area contributed by atoms with Crippen LogP contribution in [0.5, 0.6) is 0 Å². The van der Waals surface area contributed by atoms with Gasteiger partial charge in [0.05, 0.1) is 24.7 Å². The van der Waals surface area contributed by atoms with Crippen molar-refractivity contribution in [1.29, 1.82) is 5.26 Å². The first-order valence-corrected chi connectivity index (χ1v) is 8.33. The van der Waals surface area contributed by atoms with Crippen LogP contribution in [0.3, 0.4) is 0 Å². The first kappa shape index (κ1) is 18.7. The normalized spacial score (nSPS) is 11.9. The minimum absolute atomic E-state index is 0.153. The van der Waals surface area contributed by atoms with E-state index in [1.165, 1.54) is 0 Å². The van der Waals surface area contributed by atoms with E-state index in [0.29, 0.717) is 29.6 Å². The lowest BCUT2D eigenvalue weighted by Gasteiger charge is -2.10. The minimum Gasteiger partial charge on any atom is -0.357 e. The smallest absolute Gasteiger partial charge is 0.357 e. The maximum Gasteiger partial charge on any atom is 0.434 e. The fourth-order valence-corrected chi connectivity index (χ4v) is 2.62. The zero-order valence-electron chi connectivity index (χ0n) is 13.4. The number of hydrogen-bond acceptors (Lipinski definition) is 4. The largest absolute Gasteiger partial charge is 0.434 e. The molecule has 2 N–H and O–H groups in total. The summed E-state index contributed by atoms with van der Waals surface area (Å²) in [5.41, 5.74) is 0.612. The second-order valence-electron chi connectivity index (χ2n) is 4.98. The number of hydrogen-bond donors (Lipinski definition) is 2. The van der Waals surface area contributed by atoms with E-state index in [0.717, 1.165) is 22.3 Å². The van der Waals surface area contributed by atoms with E-state index in [9.17, 15) is 13.2 Å². The monoisotopic (exact) mass is 367 g/mol. The van der Waals surface area contributed by atoms with Crippen molar-refractivity contribution < 1.29 is 13.2 Å². The van der Waals surface area contributed by atoms with Gasteiger partial charge in [-0.3, -0.25) is 0 Å². The predicted octanol–water partition coefficient (Wildman–Crippen LogP) is 3.29. The molecule has 0 bridgehead atoms. The lowest BCUT2D eigenvalue weighted by Crippen LogP contribution is -2.36. The van der Waals surface area contributed by atoms with E-state index in [2.05, 4.69) is 20.6 Å².